The smallest absolute Gasteiger partial charge is 0.213 e. The zero-order chi connectivity index (χ0) is 9.90. The number of hydroxylamine groups is 1. The van der Waals surface area contributed by atoms with Crippen molar-refractivity contribution in [3.8, 4) is 0 Å². The van der Waals surface area contributed by atoms with Gasteiger partial charge in [-0.3, -0.25) is 5.21 Å². The van der Waals surface area contributed by atoms with Crippen molar-refractivity contribution in [2.75, 3.05) is 11.5 Å². The van der Waals surface area contributed by atoms with Crippen molar-refractivity contribution in [1.82, 2.24) is 5.48 Å². The minimum absolute atomic E-state index is 0.0655. The van der Waals surface area contributed by atoms with Gasteiger partial charge in [0.05, 0.1) is 17.5 Å². The monoisotopic (exact) mass is 207 g/mol. The van der Waals surface area contributed by atoms with Crippen LogP contribution >= 0.6 is 0 Å². The predicted octanol–water partition coefficient (Wildman–Crippen LogP) is -1.14. The number of hydrogen-bond acceptors (Lipinski definition) is 4. The normalized spacial score (nSPS) is 24.2. The number of sulfone groups is 1. The summed E-state index contributed by atoms with van der Waals surface area (Å²) in [6, 6.07) is -0.0943. The summed E-state index contributed by atoms with van der Waals surface area (Å²) in [6.07, 6.45) is 0.954. The molecule has 0 aromatic heterocycles. The van der Waals surface area contributed by atoms with Crippen LogP contribution in [0, 0.1) is 0 Å². The quantitative estimate of drug-likeness (QED) is 0.286. The van der Waals surface area contributed by atoms with Crippen LogP contribution in [0.15, 0.2) is 4.99 Å². The van der Waals surface area contributed by atoms with Gasteiger partial charge in [0.15, 0.2) is 0 Å². The Bertz CT molecular complexity index is 284. The molecule has 0 amide bonds. The molecular formula is C6H13N3O3S. The molecule has 7 heteroatoms. The predicted molar refractivity (Wildman–Crippen MR) is 48.2 cm³/mol. The largest absolute Gasteiger partial charge is 0.368 e. The van der Waals surface area contributed by atoms with Gasteiger partial charge in [-0.05, 0) is 12.8 Å². The summed E-state index contributed by atoms with van der Waals surface area (Å²) >= 11 is 0. The molecule has 1 aliphatic heterocycles. The molecule has 76 valence electrons. The number of guanidine groups is 1. The number of aliphatic imine (C=N–C) groups is 1. The van der Waals surface area contributed by atoms with Gasteiger partial charge >= 0.3 is 0 Å². The van der Waals surface area contributed by atoms with E-state index in [1.54, 1.807) is 5.48 Å². The molecule has 0 spiro atoms. The van der Waals surface area contributed by atoms with Crippen LogP contribution in [-0.4, -0.2) is 37.1 Å². The van der Waals surface area contributed by atoms with E-state index in [0.717, 1.165) is 0 Å². The van der Waals surface area contributed by atoms with Gasteiger partial charge < -0.3 is 5.73 Å². The summed E-state index contributed by atoms with van der Waals surface area (Å²) in [5, 5.41) is 8.34. The lowest BCUT2D eigenvalue weighted by molar-refractivity contribution is 0.232. The van der Waals surface area contributed by atoms with Gasteiger partial charge in [-0.2, -0.15) is 0 Å². The second-order valence-corrected chi connectivity index (χ2v) is 5.31. The molecule has 6 nitrogen and oxygen atoms in total. The topological polar surface area (TPSA) is 105 Å². The van der Waals surface area contributed by atoms with E-state index in [1.165, 1.54) is 0 Å². The summed E-state index contributed by atoms with van der Waals surface area (Å²) in [7, 11) is -2.85. The summed E-state index contributed by atoms with van der Waals surface area (Å²) in [6.45, 7) is 0. The Hall–Kier alpha value is -0.820. The van der Waals surface area contributed by atoms with Crippen molar-refractivity contribution >= 4 is 15.8 Å². The van der Waals surface area contributed by atoms with Crippen molar-refractivity contribution < 1.29 is 13.6 Å². The summed E-state index contributed by atoms with van der Waals surface area (Å²) in [4.78, 5) is 3.89. The van der Waals surface area contributed by atoms with Gasteiger partial charge in [-0.1, -0.05) is 0 Å². The zero-order valence-electron chi connectivity index (χ0n) is 7.10. The minimum atomic E-state index is -2.85. The van der Waals surface area contributed by atoms with E-state index in [9.17, 15) is 8.42 Å². The average Bonchev–Trinajstić information content (AvgIpc) is 2.08. The highest BCUT2D eigenvalue weighted by Gasteiger charge is 2.23. The SMILES string of the molecule is NC(=NC1CCS(=O)(=O)CC1)NO. The van der Waals surface area contributed by atoms with Crippen LogP contribution in [0.2, 0.25) is 0 Å². The fourth-order valence-electron chi connectivity index (χ4n) is 1.23. The summed E-state index contributed by atoms with van der Waals surface area (Å²) < 4.78 is 22.0. The number of nitrogens with zero attached hydrogens (tertiary/aromatic N) is 1. The number of nitrogens with one attached hydrogen (secondary N) is 1. The van der Waals surface area contributed by atoms with Crippen LogP contribution in [0.3, 0.4) is 0 Å². The average molecular weight is 207 g/mol. The fraction of sp³-hybridized carbons (Fsp3) is 0.833. The lowest BCUT2D eigenvalue weighted by Gasteiger charge is -2.18. The third-order valence-electron chi connectivity index (χ3n) is 1.96. The molecule has 0 aliphatic carbocycles. The van der Waals surface area contributed by atoms with Crippen LogP contribution in [-0.2, 0) is 9.84 Å². The molecule has 0 bridgehead atoms. The Morgan fingerprint density at radius 1 is 1.46 bits per heavy atom. The van der Waals surface area contributed by atoms with Crippen molar-refractivity contribution in [3.63, 3.8) is 0 Å². The molecule has 1 aliphatic rings. The molecule has 0 saturated carbocycles. The molecule has 1 heterocycles. The fourth-order valence-corrected chi connectivity index (χ4v) is 2.70. The van der Waals surface area contributed by atoms with Gasteiger partial charge in [-0.15, -0.1) is 0 Å². The van der Waals surface area contributed by atoms with Gasteiger partial charge in [0.1, 0.15) is 9.84 Å². The highest BCUT2D eigenvalue weighted by molar-refractivity contribution is 7.91. The Morgan fingerprint density at radius 2 is 2.00 bits per heavy atom. The first-order valence-electron chi connectivity index (χ1n) is 3.97. The highest BCUT2D eigenvalue weighted by atomic mass is 32.2. The molecule has 1 fully saturated rings. The molecule has 1 rings (SSSR count). The highest BCUT2D eigenvalue weighted by Crippen LogP contribution is 2.14. The van der Waals surface area contributed by atoms with E-state index in [1.807, 2.05) is 0 Å². The standard InChI is InChI=1S/C6H13N3O3S/c7-6(9-10)8-5-1-3-13(11,12)4-2-5/h5,10H,1-4H2,(H3,7,8,9). The third-order valence-corrected chi connectivity index (χ3v) is 3.68. The molecule has 4 N–H and O–H groups in total. The summed E-state index contributed by atoms with van der Waals surface area (Å²) in [5.74, 6) is 0.240. The van der Waals surface area contributed by atoms with Crippen molar-refractivity contribution in [2.24, 2.45) is 10.7 Å². The van der Waals surface area contributed by atoms with Crippen LogP contribution in [0.25, 0.3) is 0 Å². The molecule has 1 saturated heterocycles. The maximum absolute atomic E-state index is 11.0. The first-order chi connectivity index (χ1) is 6.03. The van der Waals surface area contributed by atoms with E-state index >= 15 is 0 Å². The Labute approximate surface area is 76.7 Å². The maximum Gasteiger partial charge on any atom is 0.213 e. The second kappa shape index (κ2) is 3.93. The van der Waals surface area contributed by atoms with Crippen LogP contribution in [0.1, 0.15) is 12.8 Å². The van der Waals surface area contributed by atoms with Gasteiger partial charge in [0.2, 0.25) is 5.96 Å². The number of rotatable bonds is 1. The Balaban J connectivity index is 2.51. The third kappa shape index (κ3) is 3.19. The first kappa shape index (κ1) is 10.3. The van der Waals surface area contributed by atoms with Crippen molar-refractivity contribution in [2.45, 2.75) is 18.9 Å². The maximum atomic E-state index is 11.0. The molecule has 0 unspecified atom stereocenters. The van der Waals surface area contributed by atoms with Gasteiger partial charge in [0, 0.05) is 0 Å². The molecule has 0 radical (unpaired) electrons. The van der Waals surface area contributed by atoms with E-state index in [0.29, 0.717) is 12.8 Å². The van der Waals surface area contributed by atoms with Gasteiger partial charge in [-0.25, -0.2) is 18.9 Å². The van der Waals surface area contributed by atoms with E-state index < -0.39 is 9.84 Å². The number of nitrogens with two attached hydrogens (primary N) is 1. The molecule has 0 atom stereocenters. The van der Waals surface area contributed by atoms with Gasteiger partial charge in [0.25, 0.3) is 0 Å². The van der Waals surface area contributed by atoms with E-state index in [-0.39, 0.29) is 23.5 Å². The Kier molecular flexibility index (Phi) is 3.10. The minimum Gasteiger partial charge on any atom is -0.368 e. The summed E-state index contributed by atoms with van der Waals surface area (Å²) in [5.41, 5.74) is 6.92. The van der Waals surface area contributed by atoms with E-state index in [2.05, 4.69) is 4.99 Å². The van der Waals surface area contributed by atoms with Crippen molar-refractivity contribution in [1.29, 1.82) is 0 Å². The number of hydrogen-bond donors (Lipinski definition) is 3. The Morgan fingerprint density at radius 3 is 2.46 bits per heavy atom. The van der Waals surface area contributed by atoms with Crippen LogP contribution in [0.4, 0.5) is 0 Å². The van der Waals surface area contributed by atoms with Crippen molar-refractivity contribution in [3.05, 3.63) is 0 Å². The molecule has 0 aromatic carbocycles. The molecule has 13 heavy (non-hydrogen) atoms. The van der Waals surface area contributed by atoms with Crippen LogP contribution < -0.4 is 11.2 Å². The lowest BCUT2D eigenvalue weighted by Crippen LogP contribution is -2.33. The van der Waals surface area contributed by atoms with Crippen LogP contribution in [0.5, 0.6) is 0 Å². The molecular weight excluding hydrogens is 194 g/mol. The zero-order valence-corrected chi connectivity index (χ0v) is 7.92. The second-order valence-electron chi connectivity index (χ2n) is 3.01. The lowest BCUT2D eigenvalue weighted by atomic mass is 10.2. The van der Waals surface area contributed by atoms with E-state index in [4.69, 9.17) is 10.9 Å². The molecule has 0 aromatic rings. The first-order valence-corrected chi connectivity index (χ1v) is 5.79.